The number of carbonyl (C=O) groups excluding carboxylic acids is 1. The van der Waals surface area contributed by atoms with E-state index in [-0.39, 0.29) is 29.3 Å². The molecule has 0 aliphatic heterocycles. The van der Waals surface area contributed by atoms with Crippen molar-refractivity contribution >= 4 is 34.0 Å². The number of nitrogens with one attached hydrogen (secondary N) is 2. The summed E-state index contributed by atoms with van der Waals surface area (Å²) in [6.45, 7) is 3.72. The Morgan fingerprint density at radius 3 is 2.54 bits per heavy atom. The van der Waals surface area contributed by atoms with E-state index >= 15 is 0 Å². The predicted molar refractivity (Wildman–Crippen MR) is 97.8 cm³/mol. The van der Waals surface area contributed by atoms with Gasteiger partial charge in [0.15, 0.2) is 0 Å². The van der Waals surface area contributed by atoms with Crippen molar-refractivity contribution < 1.29 is 13.2 Å². The Morgan fingerprint density at radius 2 is 1.96 bits per heavy atom. The van der Waals surface area contributed by atoms with Crippen LogP contribution in [0.1, 0.15) is 46.0 Å². The number of rotatable bonds is 6. The van der Waals surface area contributed by atoms with Crippen LogP contribution in [-0.4, -0.2) is 25.9 Å². The van der Waals surface area contributed by atoms with Crippen LogP contribution in [0.5, 0.6) is 0 Å². The lowest BCUT2D eigenvalue weighted by atomic mass is 9.98. The van der Waals surface area contributed by atoms with Crippen molar-refractivity contribution in [1.29, 1.82) is 0 Å². The molecule has 1 atom stereocenters. The van der Waals surface area contributed by atoms with Crippen molar-refractivity contribution in [2.75, 3.05) is 5.32 Å². The third-order valence-electron chi connectivity index (χ3n) is 4.32. The summed E-state index contributed by atoms with van der Waals surface area (Å²) in [4.78, 5) is 12.5. The van der Waals surface area contributed by atoms with E-state index in [4.69, 9.17) is 5.73 Å². The van der Waals surface area contributed by atoms with Crippen LogP contribution in [0.2, 0.25) is 0 Å². The highest BCUT2D eigenvalue weighted by molar-refractivity contribution is 7.89. The predicted octanol–water partition coefficient (Wildman–Crippen LogP) is 2.40. The van der Waals surface area contributed by atoms with Crippen LogP contribution >= 0.6 is 12.4 Å². The van der Waals surface area contributed by atoms with Crippen molar-refractivity contribution in [3.8, 4) is 0 Å². The molecule has 24 heavy (non-hydrogen) atoms. The van der Waals surface area contributed by atoms with E-state index in [9.17, 15) is 13.2 Å². The van der Waals surface area contributed by atoms with Gasteiger partial charge >= 0.3 is 0 Å². The van der Waals surface area contributed by atoms with E-state index in [0.717, 1.165) is 12.8 Å². The van der Waals surface area contributed by atoms with Crippen LogP contribution in [0.3, 0.4) is 0 Å². The molecule has 1 aliphatic carbocycles. The molecule has 0 spiro atoms. The summed E-state index contributed by atoms with van der Waals surface area (Å²) in [5.74, 6) is -0.251. The fraction of sp³-hybridized carbons (Fsp3) is 0.562. The maximum atomic E-state index is 12.3. The first-order valence-corrected chi connectivity index (χ1v) is 9.48. The van der Waals surface area contributed by atoms with Crippen LogP contribution in [0.15, 0.2) is 29.2 Å². The monoisotopic (exact) mass is 375 g/mol. The van der Waals surface area contributed by atoms with E-state index in [1.807, 2.05) is 6.92 Å². The van der Waals surface area contributed by atoms with Crippen LogP contribution in [0, 0.1) is 0 Å². The van der Waals surface area contributed by atoms with Gasteiger partial charge in [0.1, 0.15) is 0 Å². The average Bonchev–Trinajstić information content (AvgIpc) is 2.95. The Kier molecular flexibility index (Phi) is 7.22. The Hall–Kier alpha value is -1.15. The molecule has 1 saturated carbocycles. The van der Waals surface area contributed by atoms with E-state index in [0.29, 0.717) is 24.9 Å². The number of amides is 1. The maximum absolute atomic E-state index is 12.3. The average molecular weight is 376 g/mol. The Labute approximate surface area is 150 Å². The molecule has 1 aromatic carbocycles. The number of hydrogen-bond donors (Lipinski definition) is 3. The minimum atomic E-state index is -3.60. The zero-order chi connectivity index (χ0) is 17.1. The lowest BCUT2D eigenvalue weighted by Crippen LogP contribution is -2.48. The molecule has 4 N–H and O–H groups in total. The van der Waals surface area contributed by atoms with Gasteiger partial charge in [-0.15, -0.1) is 12.4 Å². The summed E-state index contributed by atoms with van der Waals surface area (Å²) in [5, 5.41) is 2.75. The molecule has 0 saturated heterocycles. The van der Waals surface area contributed by atoms with Crippen LogP contribution in [0.25, 0.3) is 0 Å². The normalized spacial score (nSPS) is 17.8. The van der Waals surface area contributed by atoms with Crippen LogP contribution in [0.4, 0.5) is 5.69 Å². The second-order valence-electron chi connectivity index (χ2n) is 6.28. The number of sulfonamides is 1. The number of benzene rings is 1. The van der Waals surface area contributed by atoms with Crippen molar-refractivity contribution in [3.05, 3.63) is 24.3 Å². The lowest BCUT2D eigenvalue weighted by Gasteiger charge is -2.22. The standard InChI is InChI=1S/C16H25N3O3S.ClH/c1-3-12(2)19-23(21,22)14-8-6-7-13(11-14)18-15(20)16(17)9-4-5-10-16;/h6-8,11-12,19H,3-5,9-10,17H2,1-2H3,(H,18,20);1H. The summed E-state index contributed by atoms with van der Waals surface area (Å²) in [6, 6.07) is 6.09. The second-order valence-corrected chi connectivity index (χ2v) is 7.99. The Balaban J connectivity index is 0.00000288. The topological polar surface area (TPSA) is 101 Å². The van der Waals surface area contributed by atoms with E-state index in [2.05, 4.69) is 10.0 Å². The molecule has 1 amide bonds. The number of halogens is 1. The number of nitrogens with two attached hydrogens (primary N) is 1. The first-order chi connectivity index (χ1) is 10.8. The fourth-order valence-electron chi connectivity index (χ4n) is 2.65. The number of carbonyl (C=O) groups is 1. The SMILES string of the molecule is CCC(C)NS(=O)(=O)c1cccc(NC(=O)C2(N)CCCC2)c1.Cl. The van der Waals surface area contributed by atoms with Gasteiger partial charge < -0.3 is 11.1 Å². The molecular formula is C16H26ClN3O3S. The highest BCUT2D eigenvalue weighted by Crippen LogP contribution is 2.28. The van der Waals surface area contributed by atoms with Gasteiger partial charge in [0.2, 0.25) is 15.9 Å². The van der Waals surface area contributed by atoms with Crippen molar-refractivity contribution in [2.24, 2.45) is 5.73 Å². The number of hydrogen-bond acceptors (Lipinski definition) is 4. The van der Waals surface area contributed by atoms with E-state index in [1.54, 1.807) is 19.1 Å². The van der Waals surface area contributed by atoms with Crippen molar-refractivity contribution in [1.82, 2.24) is 4.72 Å². The Morgan fingerprint density at radius 1 is 1.33 bits per heavy atom. The molecule has 0 radical (unpaired) electrons. The molecule has 0 bridgehead atoms. The summed E-state index contributed by atoms with van der Waals surface area (Å²) in [6.07, 6.45) is 3.90. The molecule has 136 valence electrons. The molecule has 2 rings (SSSR count). The maximum Gasteiger partial charge on any atom is 0.244 e. The quantitative estimate of drug-likeness (QED) is 0.710. The Bertz CT molecular complexity index is 673. The summed E-state index contributed by atoms with van der Waals surface area (Å²) in [7, 11) is -3.60. The van der Waals surface area contributed by atoms with Crippen LogP contribution in [-0.2, 0) is 14.8 Å². The molecule has 0 aromatic heterocycles. The van der Waals surface area contributed by atoms with E-state index < -0.39 is 15.6 Å². The second kappa shape index (κ2) is 8.29. The first-order valence-electron chi connectivity index (χ1n) is 7.99. The van der Waals surface area contributed by atoms with Crippen molar-refractivity contribution in [2.45, 2.75) is 62.4 Å². The van der Waals surface area contributed by atoms with E-state index in [1.165, 1.54) is 12.1 Å². The molecule has 1 aliphatic rings. The van der Waals surface area contributed by atoms with Gasteiger partial charge in [-0.3, -0.25) is 4.79 Å². The van der Waals surface area contributed by atoms with Gasteiger partial charge in [0, 0.05) is 11.7 Å². The summed E-state index contributed by atoms with van der Waals surface area (Å²) < 4.78 is 27.2. The third-order valence-corrected chi connectivity index (χ3v) is 5.91. The molecule has 1 aromatic rings. The summed E-state index contributed by atoms with van der Waals surface area (Å²) in [5.41, 5.74) is 5.72. The smallest absolute Gasteiger partial charge is 0.244 e. The minimum absolute atomic E-state index is 0. The van der Waals surface area contributed by atoms with Gasteiger partial charge in [0.05, 0.1) is 10.4 Å². The molecule has 1 fully saturated rings. The van der Waals surface area contributed by atoms with Crippen LogP contribution < -0.4 is 15.8 Å². The highest BCUT2D eigenvalue weighted by atomic mass is 35.5. The van der Waals surface area contributed by atoms with Gasteiger partial charge in [-0.25, -0.2) is 13.1 Å². The third kappa shape index (κ3) is 4.92. The van der Waals surface area contributed by atoms with Gasteiger partial charge in [-0.2, -0.15) is 0 Å². The number of anilines is 1. The first kappa shape index (κ1) is 20.9. The lowest BCUT2D eigenvalue weighted by molar-refractivity contribution is -0.121. The van der Waals surface area contributed by atoms with Gasteiger partial charge in [-0.1, -0.05) is 25.8 Å². The highest BCUT2D eigenvalue weighted by Gasteiger charge is 2.37. The molecule has 6 nitrogen and oxygen atoms in total. The fourth-order valence-corrected chi connectivity index (χ4v) is 4.02. The zero-order valence-corrected chi connectivity index (χ0v) is 15.7. The van der Waals surface area contributed by atoms with Gasteiger partial charge in [-0.05, 0) is 44.4 Å². The minimum Gasteiger partial charge on any atom is -0.324 e. The van der Waals surface area contributed by atoms with Gasteiger partial charge in [0.25, 0.3) is 0 Å². The molecule has 8 heteroatoms. The largest absolute Gasteiger partial charge is 0.324 e. The molecular weight excluding hydrogens is 350 g/mol. The molecule has 0 heterocycles. The summed E-state index contributed by atoms with van der Waals surface area (Å²) >= 11 is 0. The van der Waals surface area contributed by atoms with Crippen molar-refractivity contribution in [3.63, 3.8) is 0 Å². The molecule has 1 unspecified atom stereocenters. The zero-order valence-electron chi connectivity index (χ0n) is 14.0.